The van der Waals surface area contributed by atoms with E-state index in [0.717, 1.165) is 0 Å². The van der Waals surface area contributed by atoms with Crippen LogP contribution in [0.1, 0.15) is 12.1 Å². The van der Waals surface area contributed by atoms with E-state index < -0.39 is 85.9 Å². The maximum absolute atomic E-state index is 12.2. The second kappa shape index (κ2) is 13.7. The maximum atomic E-state index is 12.2. The average molecular weight is 551 g/mol. The highest BCUT2D eigenvalue weighted by Crippen LogP contribution is 2.28. The van der Waals surface area contributed by atoms with Crippen molar-refractivity contribution in [1.29, 1.82) is 0 Å². The Labute approximate surface area is 216 Å². The van der Waals surface area contributed by atoms with Crippen molar-refractivity contribution in [3.63, 3.8) is 0 Å². The van der Waals surface area contributed by atoms with Gasteiger partial charge >= 0.3 is 5.97 Å². The molecule has 2 aliphatic rings. The van der Waals surface area contributed by atoms with Crippen molar-refractivity contribution < 1.29 is 64.7 Å². The van der Waals surface area contributed by atoms with Crippen molar-refractivity contribution in [3.8, 4) is 0 Å². The molecule has 0 aromatic carbocycles. The van der Waals surface area contributed by atoms with E-state index in [4.69, 9.17) is 14.2 Å². The molecule has 17 heteroatoms. The molecule has 216 valence electrons. The SMILES string of the molecule is O=C(CCNC[C@H]1O[C@H](O[C@H]2O[C@H](CO)[C@@H](O)[C@H](O)[C@H]2O)[C@H](O)[C@@H](O)[C@@H]1O)N[C@H](Cc1cnc[nH]1)C(=O)O. The molecule has 38 heavy (non-hydrogen) atoms. The Bertz CT molecular complexity index is 890. The average Bonchev–Trinajstić information content (AvgIpc) is 3.40. The molecule has 2 aliphatic heterocycles. The van der Waals surface area contributed by atoms with E-state index in [-0.39, 0.29) is 25.9 Å². The van der Waals surface area contributed by atoms with Gasteiger partial charge in [-0.05, 0) is 0 Å². The van der Waals surface area contributed by atoms with Crippen LogP contribution in [0.2, 0.25) is 0 Å². The van der Waals surface area contributed by atoms with Gasteiger partial charge in [-0.2, -0.15) is 0 Å². The molecule has 1 aromatic heterocycles. The summed E-state index contributed by atoms with van der Waals surface area (Å²) in [6.07, 6.45) is -13.3. The topological polar surface area (TPSA) is 276 Å². The van der Waals surface area contributed by atoms with Gasteiger partial charge in [0.15, 0.2) is 12.6 Å². The third kappa shape index (κ3) is 7.42. The van der Waals surface area contributed by atoms with Gasteiger partial charge in [-0.3, -0.25) is 4.79 Å². The Balaban J connectivity index is 1.48. The molecule has 1 aromatic rings. The molecule has 17 nitrogen and oxygen atoms in total. The largest absolute Gasteiger partial charge is 0.480 e. The van der Waals surface area contributed by atoms with Gasteiger partial charge in [0, 0.05) is 37.8 Å². The van der Waals surface area contributed by atoms with Crippen LogP contribution in [0.5, 0.6) is 0 Å². The number of aliphatic carboxylic acids is 1. The molecule has 0 bridgehead atoms. The number of hydrogen-bond acceptors (Lipinski definition) is 14. The summed E-state index contributed by atoms with van der Waals surface area (Å²) < 4.78 is 16.1. The standard InChI is InChI=1S/C21H34N4O13/c26-6-11-14(29)16(31)18(33)21(37-11)38-20-17(32)15(30)13(28)10(36-20)5-22-2-1-12(27)25-9(19(34)35)3-8-4-23-7-24-8/h4,7,9-11,13-18,20-22,26,28-33H,1-3,5-6H2,(H,23,24)(H,25,27)(H,34,35)/t9-,10-,11-,13-,14-,15+,16+,17-,18-,20-,21-/m1/s1. The lowest BCUT2D eigenvalue weighted by Crippen LogP contribution is -2.64. The molecule has 2 saturated heterocycles. The lowest BCUT2D eigenvalue weighted by Gasteiger charge is -2.44. The summed E-state index contributed by atoms with van der Waals surface area (Å²) in [6, 6.07) is -1.18. The number of carboxylic acids is 1. The van der Waals surface area contributed by atoms with Gasteiger partial charge < -0.3 is 70.7 Å². The quantitative estimate of drug-likeness (QED) is 0.108. The van der Waals surface area contributed by atoms with Crippen molar-refractivity contribution in [2.45, 2.75) is 80.3 Å². The molecule has 3 rings (SSSR count). The number of carbonyl (C=O) groups is 2. The van der Waals surface area contributed by atoms with Crippen molar-refractivity contribution >= 4 is 11.9 Å². The van der Waals surface area contributed by atoms with Crippen LogP contribution < -0.4 is 10.6 Å². The van der Waals surface area contributed by atoms with Gasteiger partial charge in [-0.15, -0.1) is 0 Å². The highest BCUT2D eigenvalue weighted by Gasteiger charge is 2.49. The molecule has 3 heterocycles. The van der Waals surface area contributed by atoms with Crippen molar-refractivity contribution in [1.82, 2.24) is 20.6 Å². The summed E-state index contributed by atoms with van der Waals surface area (Å²) in [6.45, 7) is -0.814. The second-order valence-electron chi connectivity index (χ2n) is 9.04. The van der Waals surface area contributed by atoms with E-state index in [1.807, 2.05) is 0 Å². The highest BCUT2D eigenvalue weighted by atomic mass is 16.8. The first-order chi connectivity index (χ1) is 18.0. The number of carbonyl (C=O) groups excluding carboxylic acids is 1. The molecule has 1 amide bonds. The summed E-state index contributed by atoms with van der Waals surface area (Å²) >= 11 is 0. The van der Waals surface area contributed by atoms with Crippen LogP contribution in [0.3, 0.4) is 0 Å². The number of amides is 1. The minimum atomic E-state index is -1.79. The third-order valence-corrected chi connectivity index (χ3v) is 6.27. The fourth-order valence-corrected chi connectivity index (χ4v) is 4.04. The van der Waals surface area contributed by atoms with Crippen LogP contribution in [0.4, 0.5) is 0 Å². The van der Waals surface area contributed by atoms with Gasteiger partial charge in [0.05, 0.1) is 12.9 Å². The molecular formula is C21H34N4O13. The Morgan fingerprint density at radius 2 is 1.58 bits per heavy atom. The first kappa shape index (κ1) is 30.3. The maximum Gasteiger partial charge on any atom is 0.326 e. The Hall–Kier alpha value is -2.29. The number of aliphatic hydroxyl groups excluding tert-OH is 7. The molecule has 0 unspecified atom stereocenters. The van der Waals surface area contributed by atoms with Gasteiger partial charge in [0.25, 0.3) is 0 Å². The summed E-state index contributed by atoms with van der Waals surface area (Å²) in [5, 5.41) is 84.5. The van der Waals surface area contributed by atoms with Crippen LogP contribution >= 0.6 is 0 Å². The number of H-pyrrole nitrogens is 1. The van der Waals surface area contributed by atoms with Gasteiger partial charge in [-0.25, -0.2) is 9.78 Å². The normalized spacial score (nSPS) is 36.5. The molecule has 0 aliphatic carbocycles. The lowest BCUT2D eigenvalue weighted by atomic mass is 9.98. The highest BCUT2D eigenvalue weighted by molar-refractivity contribution is 5.83. The van der Waals surface area contributed by atoms with Gasteiger partial charge in [-0.1, -0.05) is 0 Å². The molecule has 2 fully saturated rings. The van der Waals surface area contributed by atoms with E-state index in [1.54, 1.807) is 0 Å². The summed E-state index contributed by atoms with van der Waals surface area (Å²) in [5.74, 6) is -1.79. The number of hydrogen-bond donors (Lipinski definition) is 11. The smallest absolute Gasteiger partial charge is 0.326 e. The zero-order valence-corrected chi connectivity index (χ0v) is 20.1. The molecule has 0 radical (unpaired) electrons. The van der Waals surface area contributed by atoms with Crippen LogP contribution in [-0.4, -0.2) is 150 Å². The van der Waals surface area contributed by atoms with Crippen molar-refractivity contribution in [2.75, 3.05) is 19.7 Å². The number of nitrogens with zero attached hydrogens (tertiary/aromatic N) is 1. The summed E-state index contributed by atoms with van der Waals surface area (Å²) in [4.78, 5) is 30.2. The fourth-order valence-electron chi connectivity index (χ4n) is 4.04. The zero-order valence-electron chi connectivity index (χ0n) is 20.1. The molecule has 11 N–H and O–H groups in total. The number of rotatable bonds is 12. The Kier molecular flexibility index (Phi) is 10.9. The number of ether oxygens (including phenoxy) is 3. The first-order valence-electron chi connectivity index (χ1n) is 11.9. The minimum Gasteiger partial charge on any atom is -0.480 e. The lowest BCUT2D eigenvalue weighted by molar-refractivity contribution is -0.374. The van der Waals surface area contributed by atoms with Crippen molar-refractivity contribution in [3.05, 3.63) is 18.2 Å². The van der Waals surface area contributed by atoms with Crippen LogP contribution in [-0.2, 0) is 30.2 Å². The Morgan fingerprint density at radius 1 is 0.974 bits per heavy atom. The predicted octanol–water partition coefficient (Wildman–Crippen LogP) is -5.87. The molecule has 0 spiro atoms. The van der Waals surface area contributed by atoms with Crippen LogP contribution in [0, 0.1) is 0 Å². The van der Waals surface area contributed by atoms with E-state index in [1.165, 1.54) is 12.5 Å². The number of aromatic amines is 1. The van der Waals surface area contributed by atoms with Crippen LogP contribution in [0.25, 0.3) is 0 Å². The molecular weight excluding hydrogens is 516 g/mol. The molecule has 0 saturated carbocycles. The number of aromatic nitrogens is 2. The zero-order chi connectivity index (χ0) is 28.0. The number of nitrogens with one attached hydrogen (secondary N) is 3. The summed E-state index contributed by atoms with van der Waals surface area (Å²) in [7, 11) is 0. The van der Waals surface area contributed by atoms with Crippen molar-refractivity contribution in [2.24, 2.45) is 0 Å². The predicted molar refractivity (Wildman–Crippen MR) is 121 cm³/mol. The number of aliphatic hydroxyl groups is 7. The van der Waals surface area contributed by atoms with E-state index in [2.05, 4.69) is 20.6 Å². The number of imidazole rings is 1. The third-order valence-electron chi connectivity index (χ3n) is 6.27. The summed E-state index contributed by atoms with van der Waals surface area (Å²) in [5.41, 5.74) is 0.528. The van der Waals surface area contributed by atoms with E-state index >= 15 is 0 Å². The second-order valence-corrected chi connectivity index (χ2v) is 9.04. The van der Waals surface area contributed by atoms with Crippen LogP contribution in [0.15, 0.2) is 12.5 Å². The van der Waals surface area contributed by atoms with Gasteiger partial charge in [0.1, 0.15) is 54.9 Å². The monoisotopic (exact) mass is 550 g/mol. The van der Waals surface area contributed by atoms with Gasteiger partial charge in [0.2, 0.25) is 5.91 Å². The number of carboxylic acid groups (broad SMARTS) is 1. The Morgan fingerprint density at radius 3 is 2.13 bits per heavy atom. The fraction of sp³-hybridized carbons (Fsp3) is 0.762. The van der Waals surface area contributed by atoms with E-state index in [9.17, 15) is 50.4 Å². The molecule has 11 atom stereocenters. The van der Waals surface area contributed by atoms with E-state index in [0.29, 0.717) is 5.69 Å². The first-order valence-corrected chi connectivity index (χ1v) is 11.9. The minimum absolute atomic E-state index is 0.00660.